The molecule has 1 aliphatic carbocycles. The fraction of sp³-hybridized carbons (Fsp3) is 0.357. The van der Waals surface area contributed by atoms with E-state index in [0.717, 1.165) is 58.8 Å². The molecule has 0 bridgehead atoms. The third kappa shape index (κ3) is 5.17. The van der Waals surface area contributed by atoms with Crippen molar-refractivity contribution in [2.45, 2.75) is 52.4 Å². The minimum atomic E-state index is -0.0828. The Labute approximate surface area is 205 Å². The Kier molecular flexibility index (Phi) is 7.68. The molecule has 1 N–H and O–H groups in total. The van der Waals surface area contributed by atoms with Crippen LogP contribution in [0.2, 0.25) is 0 Å². The summed E-state index contributed by atoms with van der Waals surface area (Å²) in [6.45, 7) is 4.10. The second-order valence-electron chi connectivity index (χ2n) is 8.67. The maximum Gasteiger partial charge on any atom is 0.259 e. The number of fused-ring (bicyclic) bond motifs is 1. The van der Waals surface area contributed by atoms with Crippen LogP contribution in [0, 0.1) is 13.8 Å². The fourth-order valence-corrected chi connectivity index (χ4v) is 5.59. The van der Waals surface area contributed by atoms with Crippen molar-refractivity contribution in [3.8, 4) is 11.5 Å². The van der Waals surface area contributed by atoms with E-state index in [9.17, 15) is 4.79 Å². The summed E-state index contributed by atoms with van der Waals surface area (Å²) in [5, 5.41) is 3.93. The monoisotopic (exact) mass is 476 g/mol. The number of nitrogens with one attached hydrogen (secondary N) is 1. The maximum absolute atomic E-state index is 13.6. The number of methoxy groups -OCH3 is 2. The molecule has 0 fully saturated rings. The number of aliphatic imine (C=N–C) groups is 1. The second-order valence-corrected chi connectivity index (χ2v) is 9.75. The number of ether oxygens (including phenoxy) is 2. The number of nitrogens with zero attached hydrogens (tertiary/aromatic N) is 1. The summed E-state index contributed by atoms with van der Waals surface area (Å²) in [6.07, 6.45) is 8.40. The van der Waals surface area contributed by atoms with Crippen LogP contribution in [-0.4, -0.2) is 26.3 Å². The molecule has 1 heterocycles. The van der Waals surface area contributed by atoms with E-state index in [1.807, 2.05) is 37.3 Å². The zero-order valence-electron chi connectivity index (χ0n) is 20.4. The minimum Gasteiger partial charge on any atom is -0.497 e. The highest BCUT2D eigenvalue weighted by Crippen LogP contribution is 2.39. The first kappa shape index (κ1) is 24.0. The molecule has 0 unspecified atom stereocenters. The number of benzene rings is 2. The summed E-state index contributed by atoms with van der Waals surface area (Å²) in [5.74, 6) is 1.32. The van der Waals surface area contributed by atoms with Crippen molar-refractivity contribution in [2.24, 2.45) is 4.99 Å². The molecule has 2 aromatic carbocycles. The Morgan fingerprint density at radius 3 is 2.59 bits per heavy atom. The third-order valence-electron chi connectivity index (χ3n) is 6.49. The largest absolute Gasteiger partial charge is 0.497 e. The van der Waals surface area contributed by atoms with Crippen molar-refractivity contribution < 1.29 is 14.3 Å². The fourth-order valence-electron chi connectivity index (χ4n) is 4.35. The molecule has 178 valence electrons. The zero-order valence-corrected chi connectivity index (χ0v) is 21.2. The van der Waals surface area contributed by atoms with E-state index >= 15 is 0 Å². The lowest BCUT2D eigenvalue weighted by atomic mass is 9.96. The predicted molar refractivity (Wildman–Crippen MR) is 141 cm³/mol. The molecule has 0 saturated heterocycles. The van der Waals surface area contributed by atoms with Crippen LogP contribution < -0.4 is 14.8 Å². The van der Waals surface area contributed by atoms with E-state index < -0.39 is 0 Å². The van der Waals surface area contributed by atoms with E-state index in [1.54, 1.807) is 31.8 Å². The average Bonchev–Trinajstić information content (AvgIpc) is 3.16. The van der Waals surface area contributed by atoms with Gasteiger partial charge >= 0.3 is 0 Å². The molecule has 0 saturated carbocycles. The number of carbonyl (C=O) groups is 1. The average molecular weight is 477 g/mol. The summed E-state index contributed by atoms with van der Waals surface area (Å²) in [7, 11) is 3.26. The van der Waals surface area contributed by atoms with Crippen LogP contribution in [0.25, 0.3) is 0 Å². The van der Waals surface area contributed by atoms with Crippen molar-refractivity contribution >= 4 is 34.1 Å². The number of anilines is 1. The van der Waals surface area contributed by atoms with E-state index in [0.29, 0.717) is 11.3 Å². The topological polar surface area (TPSA) is 59.9 Å². The molecule has 1 aromatic heterocycles. The molecule has 1 aliphatic rings. The Bertz CT molecular complexity index is 1210. The molecule has 34 heavy (non-hydrogen) atoms. The van der Waals surface area contributed by atoms with Crippen LogP contribution in [0.1, 0.15) is 63.2 Å². The number of aryl methyl sites for hydroxylation is 2. The normalized spacial score (nSPS) is 13.8. The van der Waals surface area contributed by atoms with Gasteiger partial charge in [-0.25, -0.2) is 4.99 Å². The van der Waals surface area contributed by atoms with Crippen molar-refractivity contribution in [1.82, 2.24) is 0 Å². The first-order valence-electron chi connectivity index (χ1n) is 11.8. The van der Waals surface area contributed by atoms with Gasteiger partial charge in [-0.15, -0.1) is 11.3 Å². The minimum absolute atomic E-state index is 0.0828. The smallest absolute Gasteiger partial charge is 0.259 e. The van der Waals surface area contributed by atoms with Gasteiger partial charge in [-0.3, -0.25) is 4.79 Å². The SMILES string of the molecule is COc1ccc(C=Nc2sc3c(c2C(=O)Nc2cccc(C)c2C)CCCCCC3)c(OC)c1. The van der Waals surface area contributed by atoms with Gasteiger partial charge in [0.2, 0.25) is 0 Å². The van der Waals surface area contributed by atoms with E-state index in [2.05, 4.69) is 18.3 Å². The highest BCUT2D eigenvalue weighted by molar-refractivity contribution is 7.16. The Morgan fingerprint density at radius 2 is 1.82 bits per heavy atom. The van der Waals surface area contributed by atoms with Crippen LogP contribution in [0.15, 0.2) is 41.4 Å². The third-order valence-corrected chi connectivity index (χ3v) is 7.69. The summed E-state index contributed by atoms with van der Waals surface area (Å²) < 4.78 is 10.8. The van der Waals surface area contributed by atoms with Crippen LogP contribution in [0.5, 0.6) is 11.5 Å². The van der Waals surface area contributed by atoms with Gasteiger partial charge in [0.1, 0.15) is 16.5 Å². The Balaban J connectivity index is 1.73. The summed E-state index contributed by atoms with van der Waals surface area (Å²) in [6, 6.07) is 11.6. The van der Waals surface area contributed by atoms with Crippen LogP contribution in [0.4, 0.5) is 10.7 Å². The molecule has 1 amide bonds. The standard InChI is InChI=1S/C28H32N2O3S/c1-18-10-9-12-23(19(18)2)30-27(31)26-22-11-7-5-6-8-13-25(22)34-28(26)29-17-20-14-15-21(32-3)16-24(20)33-4/h9-10,12,14-17H,5-8,11,13H2,1-4H3,(H,30,31). The first-order valence-corrected chi connectivity index (χ1v) is 12.6. The number of thiophene rings is 1. The quantitative estimate of drug-likeness (QED) is 0.388. The molecular weight excluding hydrogens is 444 g/mol. The lowest BCUT2D eigenvalue weighted by Crippen LogP contribution is -2.15. The van der Waals surface area contributed by atoms with Crippen LogP contribution in [-0.2, 0) is 12.8 Å². The number of hydrogen-bond donors (Lipinski definition) is 1. The number of rotatable bonds is 6. The van der Waals surface area contributed by atoms with Crippen molar-refractivity contribution in [1.29, 1.82) is 0 Å². The van der Waals surface area contributed by atoms with Gasteiger partial charge in [0, 0.05) is 28.4 Å². The van der Waals surface area contributed by atoms with Crippen molar-refractivity contribution in [3.05, 3.63) is 69.1 Å². The molecule has 6 heteroatoms. The Hall–Kier alpha value is -3.12. The Morgan fingerprint density at radius 1 is 1.03 bits per heavy atom. The van der Waals surface area contributed by atoms with Crippen molar-refractivity contribution in [2.75, 3.05) is 19.5 Å². The lowest BCUT2D eigenvalue weighted by Gasteiger charge is -2.13. The van der Waals surface area contributed by atoms with Gasteiger partial charge in [0.25, 0.3) is 5.91 Å². The molecule has 0 aliphatic heterocycles. The van der Waals surface area contributed by atoms with Crippen LogP contribution in [0.3, 0.4) is 0 Å². The second kappa shape index (κ2) is 10.9. The van der Waals surface area contributed by atoms with Gasteiger partial charge in [0.05, 0.1) is 19.8 Å². The number of amides is 1. The molecule has 0 atom stereocenters. The highest BCUT2D eigenvalue weighted by Gasteiger charge is 2.24. The summed E-state index contributed by atoms with van der Waals surface area (Å²) in [5.41, 5.74) is 5.81. The first-order chi connectivity index (χ1) is 16.5. The van der Waals surface area contributed by atoms with Gasteiger partial charge in [-0.05, 0) is 74.4 Å². The van der Waals surface area contributed by atoms with Crippen molar-refractivity contribution in [3.63, 3.8) is 0 Å². The van der Waals surface area contributed by atoms with Gasteiger partial charge < -0.3 is 14.8 Å². The van der Waals surface area contributed by atoms with Gasteiger partial charge in [0.15, 0.2) is 0 Å². The van der Waals surface area contributed by atoms with Crippen LogP contribution >= 0.6 is 11.3 Å². The molecule has 0 radical (unpaired) electrons. The molecule has 0 spiro atoms. The molecule has 3 aromatic rings. The molecule has 5 nitrogen and oxygen atoms in total. The highest BCUT2D eigenvalue weighted by atomic mass is 32.1. The number of carbonyl (C=O) groups excluding carboxylic acids is 1. The van der Waals surface area contributed by atoms with Gasteiger partial charge in [-0.2, -0.15) is 0 Å². The van der Waals surface area contributed by atoms with E-state index in [1.165, 1.54) is 23.3 Å². The zero-order chi connectivity index (χ0) is 24.1. The molecular formula is C28H32N2O3S. The lowest BCUT2D eigenvalue weighted by molar-refractivity contribution is 0.102. The van der Waals surface area contributed by atoms with E-state index in [-0.39, 0.29) is 5.91 Å². The van der Waals surface area contributed by atoms with E-state index in [4.69, 9.17) is 14.5 Å². The summed E-state index contributed by atoms with van der Waals surface area (Å²) >= 11 is 1.65. The molecule has 4 rings (SSSR count). The predicted octanol–water partition coefficient (Wildman–Crippen LogP) is 7.04. The maximum atomic E-state index is 13.6. The van der Waals surface area contributed by atoms with Gasteiger partial charge in [-0.1, -0.05) is 25.0 Å². The number of hydrogen-bond acceptors (Lipinski definition) is 5. The summed E-state index contributed by atoms with van der Waals surface area (Å²) in [4.78, 5) is 19.7.